The number of nitrogens with two attached hydrogens (primary N) is 1. The van der Waals surface area contributed by atoms with E-state index < -0.39 is 4.92 Å². The summed E-state index contributed by atoms with van der Waals surface area (Å²) in [6.07, 6.45) is 0. The first-order valence-corrected chi connectivity index (χ1v) is 7.83. The number of nitro groups is 1. The van der Waals surface area contributed by atoms with Gasteiger partial charge in [0.15, 0.2) is 11.6 Å². The van der Waals surface area contributed by atoms with Gasteiger partial charge in [0, 0.05) is 23.3 Å². The highest BCUT2D eigenvalue weighted by molar-refractivity contribution is 6.15. The van der Waals surface area contributed by atoms with Crippen LogP contribution < -0.4 is 5.90 Å². The van der Waals surface area contributed by atoms with Crippen LogP contribution in [0.2, 0.25) is 0 Å². The fraction of sp³-hybridized carbons (Fsp3) is 0.118. The van der Waals surface area contributed by atoms with Gasteiger partial charge in [0.1, 0.15) is 13.2 Å². The molecule has 0 aliphatic carbocycles. The van der Waals surface area contributed by atoms with Crippen LogP contribution in [-0.4, -0.2) is 25.4 Å². The van der Waals surface area contributed by atoms with E-state index in [4.69, 9.17) is 10.7 Å². The Balaban J connectivity index is 1.98. The van der Waals surface area contributed by atoms with Gasteiger partial charge < -0.3 is 0 Å². The number of non-ortho nitro benzene ring substituents is 1. The average Bonchev–Trinajstić information content (AvgIpc) is 2.97. The number of aliphatic imine (C=N–C) groups is 1. The van der Waals surface area contributed by atoms with E-state index in [2.05, 4.69) is 15.2 Å². The maximum absolute atomic E-state index is 11.3. The molecule has 26 heavy (non-hydrogen) atoms. The van der Waals surface area contributed by atoms with Gasteiger partial charge >= 0.3 is 0 Å². The Bertz CT molecular complexity index is 1010. The minimum Gasteiger partial charge on any atom is -0.296 e. The molecule has 2 N–H and O–H groups in total. The zero-order valence-corrected chi connectivity index (χ0v) is 13.6. The lowest BCUT2D eigenvalue weighted by molar-refractivity contribution is -0.384. The molecule has 0 fully saturated rings. The first-order valence-electron chi connectivity index (χ1n) is 7.83. The molecule has 0 radical (unpaired) electrons. The molecule has 0 saturated heterocycles. The predicted molar refractivity (Wildman–Crippen MR) is 92.8 cm³/mol. The number of benzene rings is 2. The van der Waals surface area contributed by atoms with Crippen molar-refractivity contribution in [2.75, 3.05) is 0 Å². The van der Waals surface area contributed by atoms with Crippen molar-refractivity contribution in [1.29, 1.82) is 0 Å². The highest BCUT2D eigenvalue weighted by Gasteiger charge is 2.24. The molecule has 2 aromatic carbocycles. The second-order valence-electron chi connectivity index (χ2n) is 5.67. The molecule has 0 spiro atoms. The third kappa shape index (κ3) is 2.65. The Morgan fingerprint density at radius 1 is 1.19 bits per heavy atom. The summed E-state index contributed by atoms with van der Waals surface area (Å²) in [5.41, 5.74) is 2.84. The normalized spacial score (nSPS) is 12.7. The number of hydrogen-bond donors (Lipinski definition) is 1. The fourth-order valence-electron chi connectivity index (χ4n) is 3.00. The van der Waals surface area contributed by atoms with E-state index in [9.17, 15) is 10.1 Å². The fourth-order valence-corrected chi connectivity index (χ4v) is 3.00. The van der Waals surface area contributed by atoms with Crippen LogP contribution in [0.25, 0.3) is 5.69 Å². The molecule has 0 bridgehead atoms. The minimum absolute atomic E-state index is 0.0134. The molecule has 0 saturated carbocycles. The highest BCUT2D eigenvalue weighted by Crippen LogP contribution is 2.29. The van der Waals surface area contributed by atoms with Crippen molar-refractivity contribution in [3.8, 4) is 5.69 Å². The maximum Gasteiger partial charge on any atom is 0.270 e. The molecule has 1 aromatic heterocycles. The number of fused-ring (bicyclic) bond motifs is 3. The van der Waals surface area contributed by atoms with Crippen molar-refractivity contribution < 1.29 is 9.76 Å². The summed E-state index contributed by atoms with van der Waals surface area (Å²) in [5.74, 6) is 6.31. The first kappa shape index (κ1) is 16.1. The second-order valence-corrected chi connectivity index (χ2v) is 5.67. The van der Waals surface area contributed by atoms with Crippen molar-refractivity contribution in [2.24, 2.45) is 10.9 Å². The van der Waals surface area contributed by atoms with Crippen LogP contribution in [0, 0.1) is 10.1 Å². The second kappa shape index (κ2) is 6.47. The zero-order valence-electron chi connectivity index (χ0n) is 13.6. The average molecular weight is 350 g/mol. The summed E-state index contributed by atoms with van der Waals surface area (Å²) >= 11 is 0. The smallest absolute Gasteiger partial charge is 0.270 e. The lowest BCUT2D eigenvalue weighted by atomic mass is 10.00. The van der Waals surface area contributed by atoms with Crippen LogP contribution in [0.15, 0.2) is 53.5 Å². The van der Waals surface area contributed by atoms with E-state index in [0.717, 1.165) is 5.56 Å². The van der Waals surface area contributed by atoms with Crippen molar-refractivity contribution >= 4 is 11.4 Å². The Kier molecular flexibility index (Phi) is 3.99. The van der Waals surface area contributed by atoms with Gasteiger partial charge in [0.05, 0.1) is 16.3 Å². The van der Waals surface area contributed by atoms with E-state index >= 15 is 0 Å². The molecular formula is C17H14N6O3. The number of nitro benzene ring substituents is 1. The maximum atomic E-state index is 11.3. The third-order valence-corrected chi connectivity index (χ3v) is 4.12. The number of hydrogen-bond acceptors (Lipinski definition) is 7. The SMILES string of the molecule is NOCc1nnc2n1-c1ccc([N+](=O)[O-])cc1C(c1ccccc1)=NC2. The molecular weight excluding hydrogens is 336 g/mol. The van der Waals surface area contributed by atoms with Gasteiger partial charge in [-0.25, -0.2) is 5.90 Å². The Morgan fingerprint density at radius 3 is 2.73 bits per heavy atom. The Hall–Kier alpha value is -3.43. The largest absolute Gasteiger partial charge is 0.296 e. The standard InChI is InChI=1S/C17H14N6O3/c18-26-10-16-21-20-15-9-19-17(11-4-2-1-3-5-11)13-8-12(23(24)25)6-7-14(13)22(15)16/h1-8H,9-10,18H2. The predicted octanol–water partition coefficient (Wildman–Crippen LogP) is 1.92. The minimum atomic E-state index is -0.426. The summed E-state index contributed by atoms with van der Waals surface area (Å²) in [6.45, 7) is 0.342. The lowest BCUT2D eigenvalue weighted by Gasteiger charge is -2.13. The van der Waals surface area contributed by atoms with Crippen LogP contribution in [0.4, 0.5) is 5.69 Å². The summed E-state index contributed by atoms with van der Waals surface area (Å²) in [7, 11) is 0. The van der Waals surface area contributed by atoms with E-state index in [0.29, 0.717) is 28.6 Å². The summed E-state index contributed by atoms with van der Waals surface area (Å²) in [4.78, 5) is 20.2. The third-order valence-electron chi connectivity index (χ3n) is 4.12. The molecule has 2 heterocycles. The van der Waals surface area contributed by atoms with Crippen molar-refractivity contribution in [2.45, 2.75) is 13.2 Å². The van der Waals surface area contributed by atoms with Crippen molar-refractivity contribution in [3.63, 3.8) is 0 Å². The molecule has 3 aromatic rings. The summed E-state index contributed by atoms with van der Waals surface area (Å²) in [5, 5.41) is 19.5. The topological polar surface area (TPSA) is 121 Å². The monoisotopic (exact) mass is 350 g/mol. The van der Waals surface area contributed by atoms with Gasteiger partial charge in [-0.2, -0.15) is 0 Å². The molecule has 0 unspecified atom stereocenters. The molecule has 4 rings (SSSR count). The van der Waals surface area contributed by atoms with Gasteiger partial charge in [-0.05, 0) is 6.07 Å². The van der Waals surface area contributed by atoms with Crippen LogP contribution in [0.5, 0.6) is 0 Å². The number of aromatic nitrogens is 3. The number of rotatable bonds is 4. The Labute approximate surface area is 147 Å². The van der Waals surface area contributed by atoms with Gasteiger partial charge in [-0.1, -0.05) is 30.3 Å². The van der Waals surface area contributed by atoms with Crippen LogP contribution in [0.3, 0.4) is 0 Å². The lowest BCUT2D eigenvalue weighted by Crippen LogP contribution is -2.12. The van der Waals surface area contributed by atoms with E-state index in [1.54, 1.807) is 10.6 Å². The molecule has 1 aliphatic heterocycles. The van der Waals surface area contributed by atoms with Crippen LogP contribution in [0.1, 0.15) is 22.8 Å². The number of nitrogens with zero attached hydrogens (tertiary/aromatic N) is 5. The molecule has 130 valence electrons. The molecule has 0 atom stereocenters. The molecule has 0 amide bonds. The van der Waals surface area contributed by atoms with Crippen molar-refractivity contribution in [1.82, 2.24) is 14.8 Å². The quantitative estimate of drug-likeness (QED) is 0.567. The highest BCUT2D eigenvalue weighted by atomic mass is 16.6. The van der Waals surface area contributed by atoms with Crippen LogP contribution >= 0.6 is 0 Å². The first-order chi connectivity index (χ1) is 12.7. The molecule has 9 nitrogen and oxygen atoms in total. The zero-order chi connectivity index (χ0) is 18.1. The van der Waals surface area contributed by atoms with E-state index in [1.807, 2.05) is 30.3 Å². The summed E-state index contributed by atoms with van der Waals surface area (Å²) < 4.78 is 1.78. The van der Waals surface area contributed by atoms with Gasteiger partial charge in [0.2, 0.25) is 0 Å². The van der Waals surface area contributed by atoms with Gasteiger partial charge in [0.25, 0.3) is 5.69 Å². The van der Waals surface area contributed by atoms with E-state index in [1.165, 1.54) is 12.1 Å². The van der Waals surface area contributed by atoms with Crippen molar-refractivity contribution in [3.05, 3.63) is 81.4 Å². The molecule has 9 heteroatoms. The van der Waals surface area contributed by atoms with E-state index in [-0.39, 0.29) is 18.8 Å². The van der Waals surface area contributed by atoms with Crippen LogP contribution in [-0.2, 0) is 18.0 Å². The summed E-state index contributed by atoms with van der Waals surface area (Å²) in [6, 6.07) is 14.2. The van der Waals surface area contributed by atoms with Gasteiger partial charge in [-0.15, -0.1) is 10.2 Å². The Morgan fingerprint density at radius 2 is 2.00 bits per heavy atom. The molecule has 1 aliphatic rings. The van der Waals surface area contributed by atoms with Gasteiger partial charge in [-0.3, -0.25) is 24.5 Å².